The molecule has 100 valence electrons. The zero-order chi connectivity index (χ0) is 13.2. The number of nitrogens with zero attached hydrogens (tertiary/aromatic N) is 1. The van der Waals surface area contributed by atoms with E-state index in [-0.39, 0.29) is 0 Å². The Kier molecular flexibility index (Phi) is 4.47. The largest absolute Gasteiger partial charge is 0.381 e. The first kappa shape index (κ1) is 14.0. The zero-order valence-corrected chi connectivity index (χ0v) is 12.6. The summed E-state index contributed by atoms with van der Waals surface area (Å²) in [5.41, 5.74) is 0.401. The van der Waals surface area contributed by atoms with Gasteiger partial charge in [-0.3, -0.25) is 4.72 Å². The molecule has 0 atom stereocenters. The predicted octanol–water partition coefficient (Wildman–Crippen LogP) is 2.42. The Bertz CT molecular complexity index is 532. The van der Waals surface area contributed by atoms with E-state index in [0.717, 1.165) is 0 Å². The van der Waals surface area contributed by atoms with Crippen molar-refractivity contribution in [1.29, 1.82) is 0 Å². The maximum atomic E-state index is 12.1. The molecule has 1 aliphatic rings. The van der Waals surface area contributed by atoms with Crippen molar-refractivity contribution in [3.8, 4) is 0 Å². The molecule has 8 heteroatoms. The van der Waals surface area contributed by atoms with Crippen molar-refractivity contribution in [2.75, 3.05) is 17.9 Å². The third-order valence-electron chi connectivity index (χ3n) is 2.66. The lowest BCUT2D eigenvalue weighted by molar-refractivity contribution is 0.0984. The molecule has 1 aliphatic heterocycles. The van der Waals surface area contributed by atoms with Crippen LogP contribution in [-0.2, 0) is 14.8 Å². The number of halogens is 2. The fraction of sp³-hybridized carbons (Fsp3) is 0.500. The van der Waals surface area contributed by atoms with E-state index in [1.165, 1.54) is 6.20 Å². The summed E-state index contributed by atoms with van der Waals surface area (Å²) in [6, 6.07) is 1.59. The van der Waals surface area contributed by atoms with E-state index in [4.69, 9.17) is 16.3 Å². The second kappa shape index (κ2) is 5.73. The summed E-state index contributed by atoms with van der Waals surface area (Å²) in [6.45, 7) is 0.961. The smallest absolute Gasteiger partial charge is 0.235 e. The Labute approximate surface area is 119 Å². The number of sulfonamides is 1. The van der Waals surface area contributed by atoms with Gasteiger partial charge in [0.25, 0.3) is 0 Å². The third kappa shape index (κ3) is 3.34. The van der Waals surface area contributed by atoms with Gasteiger partial charge in [0.15, 0.2) is 0 Å². The lowest BCUT2D eigenvalue weighted by atomic mass is 10.2. The number of ether oxygens (including phenoxy) is 1. The molecule has 18 heavy (non-hydrogen) atoms. The predicted molar refractivity (Wildman–Crippen MR) is 73.3 cm³/mol. The van der Waals surface area contributed by atoms with Gasteiger partial charge in [-0.25, -0.2) is 13.4 Å². The molecule has 0 unspecified atom stereocenters. The van der Waals surface area contributed by atoms with E-state index in [1.807, 2.05) is 0 Å². The lowest BCUT2D eigenvalue weighted by Gasteiger charge is -2.22. The maximum absolute atomic E-state index is 12.1. The summed E-state index contributed by atoms with van der Waals surface area (Å²) in [5.74, 6) is 0. The Balaban J connectivity index is 2.13. The van der Waals surface area contributed by atoms with E-state index in [0.29, 0.717) is 41.4 Å². The molecule has 1 aromatic rings. The van der Waals surface area contributed by atoms with Crippen LogP contribution in [-0.4, -0.2) is 31.9 Å². The monoisotopic (exact) mass is 354 g/mol. The van der Waals surface area contributed by atoms with Crippen molar-refractivity contribution in [2.45, 2.75) is 18.1 Å². The molecule has 1 fully saturated rings. The van der Waals surface area contributed by atoms with Crippen LogP contribution in [0, 0.1) is 0 Å². The minimum absolute atomic E-state index is 0.295. The molecule has 5 nitrogen and oxygen atoms in total. The Morgan fingerprint density at radius 2 is 2.11 bits per heavy atom. The van der Waals surface area contributed by atoms with Gasteiger partial charge in [0.1, 0.15) is 5.15 Å². The van der Waals surface area contributed by atoms with Crippen molar-refractivity contribution in [3.63, 3.8) is 0 Å². The van der Waals surface area contributed by atoms with Crippen molar-refractivity contribution in [2.24, 2.45) is 0 Å². The molecule has 1 aromatic heterocycles. The average Bonchev–Trinajstić information content (AvgIpc) is 2.35. The van der Waals surface area contributed by atoms with Gasteiger partial charge < -0.3 is 4.74 Å². The van der Waals surface area contributed by atoms with Crippen molar-refractivity contribution in [3.05, 3.63) is 21.9 Å². The number of nitrogens with one attached hydrogen (secondary N) is 1. The maximum Gasteiger partial charge on any atom is 0.235 e. The average molecular weight is 356 g/mol. The molecule has 0 aromatic carbocycles. The molecule has 1 saturated heterocycles. The van der Waals surface area contributed by atoms with Gasteiger partial charge in [0.05, 0.1) is 21.6 Å². The summed E-state index contributed by atoms with van der Waals surface area (Å²) in [5, 5.41) is -0.121. The Morgan fingerprint density at radius 1 is 1.44 bits per heavy atom. The van der Waals surface area contributed by atoms with Crippen LogP contribution >= 0.6 is 27.5 Å². The number of anilines is 1. The fourth-order valence-corrected chi connectivity index (χ4v) is 3.58. The van der Waals surface area contributed by atoms with Crippen LogP contribution in [0.25, 0.3) is 0 Å². The zero-order valence-electron chi connectivity index (χ0n) is 9.40. The van der Waals surface area contributed by atoms with Crippen molar-refractivity contribution >= 4 is 43.2 Å². The molecule has 0 aliphatic carbocycles. The molecule has 0 saturated carbocycles. The van der Waals surface area contributed by atoms with Gasteiger partial charge in [0.2, 0.25) is 10.0 Å². The standard InChI is InChI=1S/C10H12BrClN2O3S/c11-9-5-7(6-13-10(9)12)14-18(15,16)8-1-3-17-4-2-8/h5-6,8,14H,1-4H2. The van der Waals surface area contributed by atoms with Gasteiger partial charge in [-0.15, -0.1) is 0 Å². The molecule has 0 bridgehead atoms. The minimum atomic E-state index is -3.40. The first-order chi connectivity index (χ1) is 8.49. The molecular formula is C10H12BrClN2O3S. The molecule has 2 rings (SSSR count). The number of aromatic nitrogens is 1. The van der Waals surface area contributed by atoms with Crippen LogP contribution in [0.5, 0.6) is 0 Å². The SMILES string of the molecule is O=S(=O)(Nc1cnc(Cl)c(Br)c1)C1CCOCC1. The highest BCUT2D eigenvalue weighted by Crippen LogP contribution is 2.25. The van der Waals surface area contributed by atoms with Crippen LogP contribution in [0.1, 0.15) is 12.8 Å². The van der Waals surface area contributed by atoms with Crippen molar-refractivity contribution < 1.29 is 13.2 Å². The Hall–Kier alpha value is -0.370. The molecule has 0 radical (unpaired) electrons. The quantitative estimate of drug-likeness (QED) is 0.846. The molecule has 2 heterocycles. The highest BCUT2D eigenvalue weighted by Gasteiger charge is 2.27. The number of hydrogen-bond acceptors (Lipinski definition) is 4. The van der Waals surface area contributed by atoms with Crippen LogP contribution in [0.2, 0.25) is 5.15 Å². The number of hydrogen-bond donors (Lipinski definition) is 1. The van der Waals surface area contributed by atoms with E-state index >= 15 is 0 Å². The van der Waals surface area contributed by atoms with Crippen LogP contribution < -0.4 is 4.72 Å². The first-order valence-corrected chi connectivity index (χ1v) is 8.11. The second-order valence-corrected chi connectivity index (χ2v) is 7.13. The van der Waals surface area contributed by atoms with E-state index < -0.39 is 15.3 Å². The van der Waals surface area contributed by atoms with Crippen molar-refractivity contribution in [1.82, 2.24) is 4.98 Å². The van der Waals surface area contributed by atoms with E-state index in [1.54, 1.807) is 6.07 Å². The highest BCUT2D eigenvalue weighted by atomic mass is 79.9. The summed E-state index contributed by atoms with van der Waals surface area (Å²) in [7, 11) is -3.40. The fourth-order valence-electron chi connectivity index (χ4n) is 1.71. The highest BCUT2D eigenvalue weighted by molar-refractivity contribution is 9.10. The molecule has 1 N–H and O–H groups in total. The van der Waals surface area contributed by atoms with E-state index in [9.17, 15) is 8.42 Å². The first-order valence-electron chi connectivity index (χ1n) is 5.39. The van der Waals surface area contributed by atoms with Gasteiger partial charge in [-0.2, -0.15) is 0 Å². The number of pyridine rings is 1. The lowest BCUT2D eigenvalue weighted by Crippen LogP contribution is -2.33. The molecule has 0 spiro atoms. The van der Waals surface area contributed by atoms with Gasteiger partial charge in [0, 0.05) is 13.2 Å². The third-order valence-corrected chi connectivity index (χ3v) is 5.67. The van der Waals surface area contributed by atoms with Gasteiger partial charge >= 0.3 is 0 Å². The summed E-state index contributed by atoms with van der Waals surface area (Å²) in [4.78, 5) is 3.87. The normalized spacial score (nSPS) is 17.7. The van der Waals surface area contributed by atoms with Crippen LogP contribution in [0.15, 0.2) is 16.7 Å². The minimum Gasteiger partial charge on any atom is -0.381 e. The molecular weight excluding hydrogens is 344 g/mol. The Morgan fingerprint density at radius 3 is 2.72 bits per heavy atom. The topological polar surface area (TPSA) is 68.3 Å². The number of rotatable bonds is 3. The van der Waals surface area contributed by atoms with Gasteiger partial charge in [-0.05, 0) is 34.8 Å². The summed E-state index contributed by atoms with van der Waals surface area (Å²) < 4.78 is 32.4. The van der Waals surface area contributed by atoms with E-state index in [2.05, 4.69) is 25.6 Å². The van der Waals surface area contributed by atoms with Crippen LogP contribution in [0.3, 0.4) is 0 Å². The summed E-state index contributed by atoms with van der Waals surface area (Å²) >= 11 is 8.95. The van der Waals surface area contributed by atoms with Gasteiger partial charge in [-0.1, -0.05) is 11.6 Å². The summed E-state index contributed by atoms with van der Waals surface area (Å²) in [6.07, 6.45) is 2.42. The van der Waals surface area contributed by atoms with Crippen LogP contribution in [0.4, 0.5) is 5.69 Å². The second-order valence-electron chi connectivity index (χ2n) is 3.96. The molecule has 0 amide bonds.